The number of nitrogens with zero attached hydrogens (tertiary/aromatic N) is 3. The Balaban J connectivity index is 1.52. The zero-order valence-electron chi connectivity index (χ0n) is 23.3. The van der Waals surface area contributed by atoms with Crippen LogP contribution in [0.5, 0.6) is 11.5 Å². The van der Waals surface area contributed by atoms with Gasteiger partial charge in [-0.25, -0.2) is 9.79 Å². The van der Waals surface area contributed by atoms with Gasteiger partial charge in [-0.3, -0.25) is 9.36 Å². The molecule has 1 unspecified atom stereocenters. The molecule has 2 aliphatic heterocycles. The Bertz CT molecular complexity index is 1950. The fourth-order valence-corrected chi connectivity index (χ4v) is 6.92. The van der Waals surface area contributed by atoms with Crippen molar-refractivity contribution in [3.63, 3.8) is 0 Å². The number of fused-ring (bicyclic) bond motifs is 2. The first-order chi connectivity index (χ1) is 19.7. The van der Waals surface area contributed by atoms with Gasteiger partial charge in [0.05, 0.1) is 28.5 Å². The molecular formula is C31H28IN3O5S. The van der Waals surface area contributed by atoms with Crippen molar-refractivity contribution in [1.82, 2.24) is 9.13 Å². The van der Waals surface area contributed by atoms with Crippen LogP contribution in [0.15, 0.2) is 63.5 Å². The van der Waals surface area contributed by atoms with Crippen molar-refractivity contribution in [3.8, 4) is 17.2 Å². The van der Waals surface area contributed by atoms with Gasteiger partial charge in [-0.05, 0) is 110 Å². The highest BCUT2D eigenvalue weighted by atomic mass is 127. The molecule has 2 aromatic carbocycles. The Morgan fingerprint density at radius 2 is 1.90 bits per heavy atom. The number of aryl methyl sites for hydroxylation is 2. The second kappa shape index (κ2) is 10.6. The van der Waals surface area contributed by atoms with Gasteiger partial charge >= 0.3 is 5.97 Å². The lowest BCUT2D eigenvalue weighted by Crippen LogP contribution is -2.39. The first-order valence-electron chi connectivity index (χ1n) is 13.2. The molecule has 210 valence electrons. The second-order valence-electron chi connectivity index (χ2n) is 10.0. The summed E-state index contributed by atoms with van der Waals surface area (Å²) >= 11 is 3.66. The molecule has 0 amide bonds. The SMILES string of the molecule is CCOC(=O)C1=C(C)N=c2s/c(=C\c3cc(C)n(-c4ccc(C)c(I)c4)c3C)c(=O)n2C1c1ccc2c(c1)OCO2. The van der Waals surface area contributed by atoms with Crippen LogP contribution in [0.2, 0.25) is 0 Å². The molecule has 8 nitrogen and oxygen atoms in total. The summed E-state index contributed by atoms with van der Waals surface area (Å²) in [7, 11) is 0. The molecule has 2 aromatic heterocycles. The smallest absolute Gasteiger partial charge is 0.338 e. The zero-order chi connectivity index (χ0) is 29.0. The van der Waals surface area contributed by atoms with Crippen LogP contribution >= 0.6 is 33.9 Å². The number of halogens is 1. The van der Waals surface area contributed by atoms with Gasteiger partial charge in [0, 0.05) is 20.6 Å². The van der Waals surface area contributed by atoms with Crippen LogP contribution in [-0.4, -0.2) is 28.5 Å². The molecule has 6 rings (SSSR count). The number of rotatable bonds is 5. The molecular weight excluding hydrogens is 653 g/mol. The molecule has 0 bridgehead atoms. The van der Waals surface area contributed by atoms with Crippen LogP contribution in [0, 0.1) is 24.3 Å². The minimum Gasteiger partial charge on any atom is -0.463 e. The third kappa shape index (κ3) is 4.72. The van der Waals surface area contributed by atoms with Gasteiger partial charge in [-0.2, -0.15) is 0 Å². The Labute approximate surface area is 254 Å². The standard InChI is InChI=1S/C31H28IN3O5S/c1-6-38-30(37)27-18(4)33-31-35(28(27)20-8-10-24-25(12-20)40-15-39-24)29(36)26(41-31)13-21-11-17(3)34(19(21)5)22-9-7-16(2)23(32)14-22/h7-14,28H,6,15H2,1-5H3/b26-13-. The summed E-state index contributed by atoms with van der Waals surface area (Å²) in [5, 5.41) is 0. The van der Waals surface area contributed by atoms with Gasteiger partial charge in [0.2, 0.25) is 6.79 Å². The Hall–Kier alpha value is -3.64. The van der Waals surface area contributed by atoms with Crippen LogP contribution in [-0.2, 0) is 9.53 Å². The summed E-state index contributed by atoms with van der Waals surface area (Å²) in [5.41, 5.74) is 6.70. The van der Waals surface area contributed by atoms with Crippen LogP contribution in [0.4, 0.5) is 0 Å². The fourth-order valence-electron chi connectivity index (χ4n) is 5.38. The summed E-state index contributed by atoms with van der Waals surface area (Å²) in [6.45, 7) is 10.1. The third-order valence-electron chi connectivity index (χ3n) is 7.40. The zero-order valence-corrected chi connectivity index (χ0v) is 26.3. The van der Waals surface area contributed by atoms with E-state index in [9.17, 15) is 9.59 Å². The lowest BCUT2D eigenvalue weighted by molar-refractivity contribution is -0.139. The molecule has 4 heterocycles. The fraction of sp³-hybridized carbons (Fsp3) is 0.258. The molecule has 0 fully saturated rings. The summed E-state index contributed by atoms with van der Waals surface area (Å²) in [5.74, 6) is 0.695. The first-order valence-corrected chi connectivity index (χ1v) is 15.1. The number of carbonyl (C=O) groups is 1. The number of benzene rings is 2. The maximum Gasteiger partial charge on any atom is 0.338 e. The average Bonchev–Trinajstić information content (AvgIpc) is 3.60. The van der Waals surface area contributed by atoms with E-state index < -0.39 is 12.0 Å². The monoisotopic (exact) mass is 681 g/mol. The summed E-state index contributed by atoms with van der Waals surface area (Å²) in [6, 6.07) is 13.2. The van der Waals surface area contributed by atoms with E-state index in [2.05, 4.69) is 72.2 Å². The summed E-state index contributed by atoms with van der Waals surface area (Å²) in [6.07, 6.45) is 1.92. The summed E-state index contributed by atoms with van der Waals surface area (Å²) in [4.78, 5) is 32.5. The molecule has 10 heteroatoms. The highest BCUT2D eigenvalue weighted by molar-refractivity contribution is 14.1. The number of esters is 1. The molecule has 0 aliphatic carbocycles. The van der Waals surface area contributed by atoms with E-state index >= 15 is 0 Å². The highest BCUT2D eigenvalue weighted by Gasteiger charge is 2.34. The lowest BCUT2D eigenvalue weighted by atomic mass is 9.95. The van der Waals surface area contributed by atoms with Crippen LogP contribution in [0.1, 0.15) is 48.0 Å². The largest absolute Gasteiger partial charge is 0.463 e. The number of carbonyl (C=O) groups excluding carboxylic acids is 1. The molecule has 0 saturated carbocycles. The van der Waals surface area contributed by atoms with E-state index in [0.717, 1.165) is 22.6 Å². The normalized spacial score (nSPS) is 16.1. The number of hydrogen-bond acceptors (Lipinski definition) is 7. The van der Waals surface area contributed by atoms with Crippen molar-refractivity contribution in [2.45, 2.75) is 40.7 Å². The number of hydrogen-bond donors (Lipinski definition) is 0. The lowest BCUT2D eigenvalue weighted by Gasteiger charge is -2.24. The van der Waals surface area contributed by atoms with Gasteiger partial charge in [0.25, 0.3) is 5.56 Å². The average molecular weight is 682 g/mol. The number of aromatic nitrogens is 2. The van der Waals surface area contributed by atoms with E-state index in [0.29, 0.717) is 37.7 Å². The van der Waals surface area contributed by atoms with Crippen molar-refractivity contribution in [2.75, 3.05) is 13.4 Å². The van der Waals surface area contributed by atoms with Crippen LogP contribution in [0.3, 0.4) is 0 Å². The highest BCUT2D eigenvalue weighted by Crippen LogP contribution is 2.38. The number of ether oxygens (including phenoxy) is 3. The maximum absolute atomic E-state index is 14.1. The molecule has 1 atom stereocenters. The van der Waals surface area contributed by atoms with E-state index in [1.807, 2.05) is 18.2 Å². The Kier molecular flexibility index (Phi) is 7.14. The molecule has 2 aliphatic rings. The van der Waals surface area contributed by atoms with Gasteiger partial charge in [0.1, 0.15) is 0 Å². The van der Waals surface area contributed by atoms with E-state index in [1.165, 1.54) is 20.5 Å². The predicted molar refractivity (Wildman–Crippen MR) is 166 cm³/mol. The third-order valence-corrected chi connectivity index (χ3v) is 9.55. The summed E-state index contributed by atoms with van der Waals surface area (Å²) < 4.78 is 22.0. The van der Waals surface area contributed by atoms with Crippen LogP contribution in [0.25, 0.3) is 11.8 Å². The molecule has 4 aromatic rings. The van der Waals surface area contributed by atoms with E-state index in [4.69, 9.17) is 19.2 Å². The molecule has 0 saturated heterocycles. The number of allylic oxidation sites excluding steroid dienone is 1. The number of thiazole rings is 1. The van der Waals surface area contributed by atoms with Crippen molar-refractivity contribution in [3.05, 3.63) is 105 Å². The Morgan fingerprint density at radius 1 is 1.12 bits per heavy atom. The first kappa shape index (κ1) is 27.5. The van der Waals surface area contributed by atoms with Gasteiger partial charge in [-0.1, -0.05) is 23.5 Å². The van der Waals surface area contributed by atoms with E-state index in [1.54, 1.807) is 24.5 Å². The minimum absolute atomic E-state index is 0.126. The quantitative estimate of drug-likeness (QED) is 0.222. The minimum atomic E-state index is -0.719. The Morgan fingerprint density at radius 3 is 2.66 bits per heavy atom. The van der Waals surface area contributed by atoms with Gasteiger partial charge in [-0.15, -0.1) is 0 Å². The maximum atomic E-state index is 14.1. The van der Waals surface area contributed by atoms with Crippen molar-refractivity contribution < 1.29 is 19.0 Å². The van der Waals surface area contributed by atoms with Gasteiger partial charge < -0.3 is 18.8 Å². The topological polar surface area (TPSA) is 84.1 Å². The van der Waals surface area contributed by atoms with Crippen molar-refractivity contribution >= 4 is 46.0 Å². The molecule has 0 spiro atoms. The molecule has 41 heavy (non-hydrogen) atoms. The van der Waals surface area contributed by atoms with Crippen molar-refractivity contribution in [2.24, 2.45) is 4.99 Å². The molecule has 0 N–H and O–H groups in total. The van der Waals surface area contributed by atoms with Crippen LogP contribution < -0.4 is 24.4 Å². The second-order valence-corrected chi connectivity index (χ2v) is 12.2. The predicted octanol–water partition coefficient (Wildman–Crippen LogP) is 4.85. The van der Waals surface area contributed by atoms with E-state index in [-0.39, 0.29) is 19.0 Å². The molecule has 0 radical (unpaired) electrons. The van der Waals surface area contributed by atoms with Gasteiger partial charge in [0.15, 0.2) is 16.3 Å². The van der Waals surface area contributed by atoms with Crippen molar-refractivity contribution in [1.29, 1.82) is 0 Å².